The van der Waals surface area contributed by atoms with Gasteiger partial charge in [-0.15, -0.1) is 0 Å². The van der Waals surface area contributed by atoms with Crippen molar-refractivity contribution in [2.45, 2.75) is 58.8 Å². The van der Waals surface area contributed by atoms with Crippen LogP contribution in [0.15, 0.2) is 81.7 Å². The van der Waals surface area contributed by atoms with Crippen molar-refractivity contribution in [2.75, 3.05) is 0 Å². The zero-order valence-corrected chi connectivity index (χ0v) is 24.8. The second-order valence-corrected chi connectivity index (χ2v) is 12.3. The maximum atomic E-state index is 3.76. The molecule has 0 bridgehead atoms. The number of unbranched alkanes of at least 4 members (excludes halogenated alkanes) is 3. The van der Waals surface area contributed by atoms with E-state index >= 15 is 0 Å². The molecule has 0 unspecified atom stereocenters. The van der Waals surface area contributed by atoms with Crippen molar-refractivity contribution in [3.63, 3.8) is 0 Å². The van der Waals surface area contributed by atoms with E-state index in [0.717, 1.165) is 21.8 Å². The molecule has 186 valence electrons. The third-order valence-electron chi connectivity index (χ3n) is 7.93. The van der Waals surface area contributed by atoms with E-state index in [0.29, 0.717) is 0 Å². The zero-order chi connectivity index (χ0) is 25.5. The number of rotatable bonds is 7. The molecule has 2 heteroatoms. The highest BCUT2D eigenvalue weighted by molar-refractivity contribution is 9.10. The molecule has 0 aliphatic heterocycles. The van der Waals surface area contributed by atoms with Gasteiger partial charge in [0.2, 0.25) is 0 Å². The van der Waals surface area contributed by atoms with Crippen LogP contribution in [0.4, 0.5) is 0 Å². The summed E-state index contributed by atoms with van der Waals surface area (Å²) >= 11 is 7.53. The molecule has 0 amide bonds. The molecular formula is C35H32Br2. The first-order valence-corrected chi connectivity index (χ1v) is 15.3. The molecule has 6 rings (SSSR count). The number of halogens is 2. The lowest BCUT2D eigenvalue weighted by Gasteiger charge is -2.13. The van der Waals surface area contributed by atoms with Gasteiger partial charge < -0.3 is 0 Å². The van der Waals surface area contributed by atoms with Gasteiger partial charge in [0.05, 0.1) is 0 Å². The van der Waals surface area contributed by atoms with Crippen LogP contribution in [-0.4, -0.2) is 0 Å². The third-order valence-corrected chi connectivity index (χ3v) is 8.91. The van der Waals surface area contributed by atoms with Crippen molar-refractivity contribution < 1.29 is 0 Å². The van der Waals surface area contributed by atoms with Crippen LogP contribution >= 0.6 is 31.9 Å². The molecule has 2 aliphatic rings. The summed E-state index contributed by atoms with van der Waals surface area (Å²) in [7, 11) is 0. The lowest BCUT2D eigenvalue weighted by atomic mass is 9.91. The van der Waals surface area contributed by atoms with E-state index in [1.54, 1.807) is 0 Å². The van der Waals surface area contributed by atoms with E-state index < -0.39 is 0 Å². The molecule has 37 heavy (non-hydrogen) atoms. The van der Waals surface area contributed by atoms with E-state index in [9.17, 15) is 0 Å². The molecule has 0 fully saturated rings. The number of hydrogen-bond acceptors (Lipinski definition) is 0. The highest BCUT2D eigenvalue weighted by Crippen LogP contribution is 2.55. The van der Waals surface area contributed by atoms with Crippen LogP contribution in [0.1, 0.15) is 79.3 Å². The molecule has 0 radical (unpaired) electrons. The highest BCUT2D eigenvalue weighted by Gasteiger charge is 2.33. The van der Waals surface area contributed by atoms with Crippen molar-refractivity contribution in [3.05, 3.63) is 115 Å². The van der Waals surface area contributed by atoms with Crippen LogP contribution in [0.5, 0.6) is 0 Å². The molecule has 0 spiro atoms. The van der Waals surface area contributed by atoms with Gasteiger partial charge in [0.1, 0.15) is 0 Å². The molecule has 4 aromatic carbocycles. The third kappa shape index (κ3) is 4.47. The largest absolute Gasteiger partial charge is 0.0654 e. The number of benzene rings is 4. The summed E-state index contributed by atoms with van der Waals surface area (Å²) in [5.41, 5.74) is 16.5. The Morgan fingerprint density at radius 1 is 0.432 bits per heavy atom. The van der Waals surface area contributed by atoms with Gasteiger partial charge >= 0.3 is 0 Å². The minimum atomic E-state index is 1.12. The summed E-state index contributed by atoms with van der Waals surface area (Å²) in [6.07, 6.45) is 8.57. The molecule has 0 atom stereocenters. The van der Waals surface area contributed by atoms with E-state index in [2.05, 4.69) is 119 Å². The number of fused-ring (bicyclic) bond motifs is 6. The van der Waals surface area contributed by atoms with Gasteiger partial charge in [-0.25, -0.2) is 0 Å². The monoisotopic (exact) mass is 610 g/mol. The molecule has 2 aliphatic carbocycles. The molecule has 0 heterocycles. The first kappa shape index (κ1) is 24.9. The summed E-state index contributed by atoms with van der Waals surface area (Å²) in [5, 5.41) is 0. The first-order chi connectivity index (χ1) is 18.1. The zero-order valence-electron chi connectivity index (χ0n) is 21.6. The SMILES string of the molecule is CCCCCc1ccc2c(c1)-c1cc(CCCC)ccc1C2=C1c2cc(Br)ccc2-c2ccc(Br)cc21. The van der Waals surface area contributed by atoms with E-state index in [1.807, 2.05) is 0 Å². The van der Waals surface area contributed by atoms with Crippen molar-refractivity contribution in [3.8, 4) is 22.3 Å². The topological polar surface area (TPSA) is 0 Å². The predicted molar refractivity (Wildman–Crippen MR) is 166 cm³/mol. The molecular weight excluding hydrogens is 580 g/mol. The Morgan fingerprint density at radius 2 is 0.892 bits per heavy atom. The second-order valence-electron chi connectivity index (χ2n) is 10.5. The maximum absolute atomic E-state index is 3.76. The van der Waals surface area contributed by atoms with E-state index in [1.165, 1.54) is 98.9 Å². The van der Waals surface area contributed by atoms with Gasteiger partial charge in [-0.1, -0.05) is 114 Å². The van der Waals surface area contributed by atoms with E-state index in [-0.39, 0.29) is 0 Å². The van der Waals surface area contributed by atoms with Gasteiger partial charge in [0.15, 0.2) is 0 Å². The van der Waals surface area contributed by atoms with E-state index in [4.69, 9.17) is 0 Å². The van der Waals surface area contributed by atoms with Crippen molar-refractivity contribution in [2.24, 2.45) is 0 Å². The lowest BCUT2D eigenvalue weighted by molar-refractivity contribution is 0.717. The second kappa shape index (κ2) is 10.4. The summed E-state index contributed by atoms with van der Waals surface area (Å²) < 4.78 is 2.24. The summed E-state index contributed by atoms with van der Waals surface area (Å²) in [4.78, 5) is 0. The fraction of sp³-hybridized carbons (Fsp3) is 0.257. The number of hydrogen-bond donors (Lipinski definition) is 0. The molecule has 0 saturated heterocycles. The minimum absolute atomic E-state index is 1.12. The molecule has 0 nitrogen and oxygen atoms in total. The van der Waals surface area contributed by atoms with Crippen LogP contribution < -0.4 is 0 Å². The predicted octanol–water partition coefficient (Wildman–Crippen LogP) is 11.3. The van der Waals surface area contributed by atoms with Gasteiger partial charge in [0, 0.05) is 8.95 Å². The standard InChI is InChI=1S/C35H32Br2/c1-3-5-7-9-23-11-15-29-31(19-23)30-18-22(8-6-4-2)10-14-28(30)34(29)35-32-20-24(36)12-16-26(32)27-17-13-25(37)21-33(27)35/h10-21H,3-9H2,1-2H3. The van der Waals surface area contributed by atoms with Crippen LogP contribution in [0, 0.1) is 0 Å². The Balaban J connectivity index is 1.62. The summed E-state index contributed by atoms with van der Waals surface area (Å²) in [5.74, 6) is 0. The minimum Gasteiger partial charge on any atom is -0.0654 e. The van der Waals surface area contributed by atoms with Crippen LogP contribution in [0.2, 0.25) is 0 Å². The Morgan fingerprint density at radius 3 is 1.41 bits per heavy atom. The molecule has 0 aromatic heterocycles. The van der Waals surface area contributed by atoms with Gasteiger partial charge in [0.25, 0.3) is 0 Å². The lowest BCUT2D eigenvalue weighted by Crippen LogP contribution is -1.92. The summed E-state index contributed by atoms with van der Waals surface area (Å²) in [6, 6.07) is 28.0. The van der Waals surface area contributed by atoms with Gasteiger partial charge in [-0.05, 0) is 117 Å². The molecule has 0 N–H and O–H groups in total. The molecule has 4 aromatic rings. The van der Waals surface area contributed by atoms with Crippen LogP contribution in [-0.2, 0) is 12.8 Å². The van der Waals surface area contributed by atoms with Gasteiger partial charge in [-0.2, -0.15) is 0 Å². The Kier molecular flexibility index (Phi) is 6.99. The Hall–Kier alpha value is -2.42. The first-order valence-electron chi connectivity index (χ1n) is 13.7. The van der Waals surface area contributed by atoms with Crippen molar-refractivity contribution in [1.82, 2.24) is 0 Å². The smallest absolute Gasteiger partial charge is 0.0181 e. The maximum Gasteiger partial charge on any atom is 0.0181 e. The quantitative estimate of drug-likeness (QED) is 0.157. The summed E-state index contributed by atoms with van der Waals surface area (Å²) in [6.45, 7) is 4.56. The van der Waals surface area contributed by atoms with Crippen molar-refractivity contribution in [1.29, 1.82) is 0 Å². The molecule has 0 saturated carbocycles. The average molecular weight is 612 g/mol. The average Bonchev–Trinajstić information content (AvgIpc) is 3.38. The normalized spacial score (nSPS) is 13.0. The highest BCUT2D eigenvalue weighted by atomic mass is 79.9. The fourth-order valence-corrected chi connectivity index (χ4v) is 6.80. The van der Waals surface area contributed by atoms with Crippen LogP contribution in [0.25, 0.3) is 33.4 Å². The van der Waals surface area contributed by atoms with Crippen LogP contribution in [0.3, 0.4) is 0 Å². The fourth-order valence-electron chi connectivity index (χ4n) is 6.08. The van der Waals surface area contributed by atoms with Crippen molar-refractivity contribution >= 4 is 43.0 Å². The Bertz CT molecular complexity index is 1490. The Labute approximate surface area is 238 Å². The van der Waals surface area contributed by atoms with Gasteiger partial charge in [-0.3, -0.25) is 0 Å². The number of aryl methyl sites for hydroxylation is 2.